The van der Waals surface area contributed by atoms with Gasteiger partial charge in [0, 0.05) is 19.6 Å². The van der Waals surface area contributed by atoms with Crippen LogP contribution in [-0.4, -0.2) is 38.6 Å². The molecule has 1 aromatic heterocycles. The molecular weight excluding hydrogens is 377 g/mol. The van der Waals surface area contributed by atoms with E-state index in [9.17, 15) is 19.1 Å². The van der Waals surface area contributed by atoms with Gasteiger partial charge in [-0.05, 0) is 31.5 Å². The maximum Gasteiger partial charge on any atom is 0.296 e. The Bertz CT molecular complexity index is 1020. The predicted molar refractivity (Wildman–Crippen MR) is 102 cm³/mol. The smallest absolute Gasteiger partial charge is 0.296 e. The van der Waals surface area contributed by atoms with Gasteiger partial charge in [-0.1, -0.05) is 12.1 Å². The molecule has 0 saturated heterocycles. The summed E-state index contributed by atoms with van der Waals surface area (Å²) in [4.78, 5) is 31.2. The zero-order valence-electron chi connectivity index (χ0n) is 16.3. The summed E-state index contributed by atoms with van der Waals surface area (Å²) in [6, 6.07) is 7.82. The van der Waals surface area contributed by atoms with Crippen LogP contribution in [0.2, 0.25) is 0 Å². The molecular formula is C20H22FN5O3. The Balaban J connectivity index is 1.81. The van der Waals surface area contributed by atoms with Gasteiger partial charge < -0.3 is 10.4 Å². The van der Waals surface area contributed by atoms with Crippen molar-refractivity contribution in [2.75, 3.05) is 13.1 Å². The minimum atomic E-state index is -0.708. The van der Waals surface area contributed by atoms with Gasteiger partial charge in [-0.3, -0.25) is 19.1 Å². The molecule has 8 nitrogen and oxygen atoms in total. The van der Waals surface area contributed by atoms with Gasteiger partial charge in [0.05, 0.1) is 30.3 Å². The van der Waals surface area contributed by atoms with Gasteiger partial charge in [0.2, 0.25) is 11.7 Å². The summed E-state index contributed by atoms with van der Waals surface area (Å²) >= 11 is 0. The lowest BCUT2D eigenvalue weighted by atomic mass is 9.98. The van der Waals surface area contributed by atoms with Gasteiger partial charge in [0.25, 0.3) is 5.56 Å². The van der Waals surface area contributed by atoms with Crippen molar-refractivity contribution < 1.29 is 14.3 Å². The number of nitriles is 1. The van der Waals surface area contributed by atoms with Crippen LogP contribution in [0.25, 0.3) is 0 Å². The minimum Gasteiger partial charge on any atom is -0.502 e. The third-order valence-corrected chi connectivity index (χ3v) is 5.14. The van der Waals surface area contributed by atoms with Gasteiger partial charge in [-0.25, -0.2) is 9.37 Å². The minimum absolute atomic E-state index is 0.00950. The standard InChI is InChI=1S/C20H22FN5O3/c1-20(2)19-24-15(11-16(27)23-12-13-3-5-14(21)6-4-13)17(28)18(29)26(19)10-9-25(20)8-7-22/h3-6,28H,8-12H2,1-2H3,(H,23,27). The van der Waals surface area contributed by atoms with E-state index in [1.165, 1.54) is 16.7 Å². The second-order valence-corrected chi connectivity index (χ2v) is 7.41. The van der Waals surface area contributed by atoms with Crippen molar-refractivity contribution in [3.8, 4) is 11.8 Å². The topological polar surface area (TPSA) is 111 Å². The summed E-state index contributed by atoms with van der Waals surface area (Å²) in [5.41, 5.74) is -0.596. The highest BCUT2D eigenvalue weighted by Crippen LogP contribution is 2.30. The average Bonchev–Trinajstić information content (AvgIpc) is 2.68. The number of amides is 1. The Hall–Kier alpha value is -3.25. The highest BCUT2D eigenvalue weighted by Gasteiger charge is 2.38. The number of aromatic nitrogens is 2. The number of benzene rings is 1. The number of carbonyl (C=O) groups is 1. The Morgan fingerprint density at radius 1 is 1.34 bits per heavy atom. The van der Waals surface area contributed by atoms with Crippen molar-refractivity contribution in [1.29, 1.82) is 5.26 Å². The van der Waals surface area contributed by atoms with Gasteiger partial charge in [0.1, 0.15) is 11.6 Å². The van der Waals surface area contributed by atoms with Crippen LogP contribution in [0.3, 0.4) is 0 Å². The van der Waals surface area contributed by atoms with Crippen molar-refractivity contribution in [2.45, 2.75) is 38.9 Å². The van der Waals surface area contributed by atoms with Crippen LogP contribution in [0.1, 0.15) is 30.9 Å². The van der Waals surface area contributed by atoms with Gasteiger partial charge >= 0.3 is 0 Å². The van der Waals surface area contributed by atoms with Crippen LogP contribution < -0.4 is 10.9 Å². The van der Waals surface area contributed by atoms with Crippen LogP contribution >= 0.6 is 0 Å². The van der Waals surface area contributed by atoms with Gasteiger partial charge in [0.15, 0.2) is 0 Å². The predicted octanol–water partition coefficient (Wildman–Crippen LogP) is 1.02. The first-order valence-corrected chi connectivity index (χ1v) is 9.20. The van der Waals surface area contributed by atoms with E-state index < -0.39 is 22.8 Å². The van der Waals surface area contributed by atoms with Gasteiger partial charge in [-0.15, -0.1) is 0 Å². The fraction of sp³-hybridized carbons (Fsp3) is 0.400. The van der Waals surface area contributed by atoms with E-state index in [4.69, 9.17) is 5.26 Å². The van der Waals surface area contributed by atoms with Crippen LogP contribution in [0.5, 0.6) is 5.75 Å². The van der Waals surface area contributed by atoms with E-state index in [-0.39, 0.29) is 31.0 Å². The summed E-state index contributed by atoms with van der Waals surface area (Å²) in [6.45, 7) is 4.83. The molecule has 29 heavy (non-hydrogen) atoms. The number of hydrogen-bond acceptors (Lipinski definition) is 6. The van der Waals surface area contributed by atoms with Crippen LogP contribution in [-0.2, 0) is 29.8 Å². The molecule has 152 valence electrons. The fourth-order valence-electron chi connectivity index (χ4n) is 3.41. The molecule has 1 aliphatic heterocycles. The molecule has 0 bridgehead atoms. The molecule has 1 aliphatic rings. The lowest BCUT2D eigenvalue weighted by Crippen LogP contribution is -2.52. The molecule has 2 N–H and O–H groups in total. The molecule has 0 aliphatic carbocycles. The summed E-state index contributed by atoms with van der Waals surface area (Å²) in [5, 5.41) is 22.0. The number of nitrogens with zero attached hydrogens (tertiary/aromatic N) is 4. The molecule has 2 aromatic rings. The van der Waals surface area contributed by atoms with E-state index >= 15 is 0 Å². The summed E-state index contributed by atoms with van der Waals surface area (Å²) < 4.78 is 14.3. The van der Waals surface area contributed by atoms with E-state index in [1.54, 1.807) is 12.1 Å². The Morgan fingerprint density at radius 2 is 2.03 bits per heavy atom. The zero-order chi connectivity index (χ0) is 21.2. The summed E-state index contributed by atoms with van der Waals surface area (Å²) in [5.74, 6) is -0.931. The molecule has 2 heterocycles. The first-order chi connectivity index (χ1) is 13.7. The number of carbonyl (C=O) groups excluding carboxylic acids is 1. The lowest BCUT2D eigenvalue weighted by Gasteiger charge is -2.41. The number of fused-ring (bicyclic) bond motifs is 1. The molecule has 0 fully saturated rings. The molecule has 9 heteroatoms. The number of aromatic hydroxyl groups is 1. The third-order valence-electron chi connectivity index (χ3n) is 5.14. The van der Waals surface area contributed by atoms with Crippen LogP contribution in [0, 0.1) is 17.1 Å². The third kappa shape index (κ3) is 4.12. The normalized spacial score (nSPS) is 15.4. The molecule has 1 amide bonds. The molecule has 0 atom stereocenters. The maximum absolute atomic E-state index is 13.0. The molecule has 0 radical (unpaired) electrons. The SMILES string of the molecule is CC1(C)c2nc(CC(=O)NCc3ccc(F)cc3)c(O)c(=O)n2CCN1CC#N. The fourth-order valence-corrected chi connectivity index (χ4v) is 3.41. The van der Waals surface area contributed by atoms with Crippen LogP contribution in [0.4, 0.5) is 4.39 Å². The number of hydrogen-bond donors (Lipinski definition) is 2. The highest BCUT2D eigenvalue weighted by atomic mass is 19.1. The monoisotopic (exact) mass is 399 g/mol. The van der Waals surface area contributed by atoms with Crippen molar-refractivity contribution in [3.05, 3.63) is 57.5 Å². The van der Waals surface area contributed by atoms with Crippen molar-refractivity contribution in [1.82, 2.24) is 19.8 Å². The zero-order valence-corrected chi connectivity index (χ0v) is 16.3. The highest BCUT2D eigenvalue weighted by molar-refractivity contribution is 5.78. The van der Waals surface area contributed by atoms with E-state index in [0.717, 1.165) is 5.56 Å². The maximum atomic E-state index is 13.0. The average molecular weight is 399 g/mol. The lowest BCUT2D eigenvalue weighted by molar-refractivity contribution is -0.120. The number of halogens is 1. The van der Waals surface area contributed by atoms with Crippen molar-refractivity contribution in [3.63, 3.8) is 0 Å². The number of rotatable bonds is 5. The van der Waals surface area contributed by atoms with E-state index in [1.807, 2.05) is 18.7 Å². The Labute approximate surface area is 167 Å². The van der Waals surface area contributed by atoms with E-state index in [0.29, 0.717) is 18.9 Å². The largest absolute Gasteiger partial charge is 0.502 e. The molecule has 0 unspecified atom stereocenters. The quantitative estimate of drug-likeness (QED) is 0.727. The molecule has 3 rings (SSSR count). The summed E-state index contributed by atoms with van der Waals surface area (Å²) in [6.07, 6.45) is -0.273. The van der Waals surface area contributed by atoms with E-state index in [2.05, 4.69) is 16.4 Å². The van der Waals surface area contributed by atoms with Crippen molar-refractivity contribution in [2.24, 2.45) is 0 Å². The first kappa shape index (κ1) is 20.5. The molecule has 1 aromatic carbocycles. The van der Waals surface area contributed by atoms with Crippen molar-refractivity contribution >= 4 is 5.91 Å². The summed E-state index contributed by atoms with van der Waals surface area (Å²) in [7, 11) is 0. The Kier molecular flexibility index (Phi) is 5.66. The van der Waals surface area contributed by atoms with Crippen LogP contribution in [0.15, 0.2) is 29.1 Å². The molecule has 0 spiro atoms. The molecule has 0 saturated carbocycles. The number of nitrogens with one attached hydrogen (secondary N) is 1. The second kappa shape index (κ2) is 8.01. The Morgan fingerprint density at radius 3 is 2.69 bits per heavy atom. The van der Waals surface area contributed by atoms with Gasteiger partial charge in [-0.2, -0.15) is 5.26 Å². The second-order valence-electron chi connectivity index (χ2n) is 7.41. The first-order valence-electron chi connectivity index (χ1n) is 9.20.